The zero-order chi connectivity index (χ0) is 19.2. The molecule has 0 aliphatic rings. The Hall–Kier alpha value is -3.39. The lowest BCUT2D eigenvalue weighted by molar-refractivity contribution is -0.121. The third-order valence-corrected chi connectivity index (χ3v) is 5.15. The van der Waals surface area contributed by atoms with Crippen LogP contribution in [-0.4, -0.2) is 5.91 Å². The first-order chi connectivity index (χ1) is 13.8. The molecule has 138 valence electrons. The van der Waals surface area contributed by atoms with Crippen LogP contribution >= 0.6 is 0 Å². The van der Waals surface area contributed by atoms with E-state index < -0.39 is 0 Å². The Labute approximate surface area is 165 Å². The molecule has 28 heavy (non-hydrogen) atoms. The molecular weight excluding hydrogens is 342 g/mol. The molecule has 0 unspecified atom stereocenters. The monoisotopic (exact) mass is 365 g/mol. The Morgan fingerprint density at radius 2 is 1.25 bits per heavy atom. The van der Waals surface area contributed by atoms with Crippen molar-refractivity contribution in [3.63, 3.8) is 0 Å². The molecule has 4 aromatic carbocycles. The maximum absolute atomic E-state index is 12.8. The van der Waals surface area contributed by atoms with E-state index in [4.69, 9.17) is 0 Å². The second-order valence-electron chi connectivity index (χ2n) is 6.99. The number of benzene rings is 4. The number of amides is 1. The average Bonchev–Trinajstić information content (AvgIpc) is 2.77. The van der Waals surface area contributed by atoms with Gasteiger partial charge in [-0.15, -0.1) is 0 Å². The minimum Gasteiger partial charge on any atom is -0.352 e. The summed E-state index contributed by atoms with van der Waals surface area (Å²) < 4.78 is 0. The molecule has 0 fully saturated rings. The van der Waals surface area contributed by atoms with Gasteiger partial charge in [-0.05, 0) is 27.5 Å². The Kier molecular flexibility index (Phi) is 5.48. The van der Waals surface area contributed by atoms with Crippen molar-refractivity contribution in [2.45, 2.75) is 18.9 Å². The summed E-state index contributed by atoms with van der Waals surface area (Å²) in [7, 11) is 0. The molecule has 2 heteroatoms. The van der Waals surface area contributed by atoms with Crippen LogP contribution < -0.4 is 5.32 Å². The fourth-order valence-corrected chi connectivity index (χ4v) is 3.70. The van der Waals surface area contributed by atoms with Gasteiger partial charge in [0, 0.05) is 18.9 Å². The van der Waals surface area contributed by atoms with Crippen molar-refractivity contribution in [2.24, 2.45) is 0 Å². The molecule has 1 amide bonds. The third kappa shape index (κ3) is 4.12. The first-order valence-electron chi connectivity index (χ1n) is 9.64. The molecule has 4 rings (SSSR count). The molecule has 0 radical (unpaired) electrons. The predicted octanol–water partition coefficient (Wildman–Crippen LogP) is 5.68. The van der Waals surface area contributed by atoms with Gasteiger partial charge in [-0.25, -0.2) is 0 Å². The molecule has 2 nitrogen and oxygen atoms in total. The Morgan fingerprint density at radius 3 is 1.93 bits per heavy atom. The topological polar surface area (TPSA) is 29.1 Å². The highest BCUT2D eigenvalue weighted by Crippen LogP contribution is 2.28. The Bertz CT molecular complexity index is 1010. The summed E-state index contributed by atoms with van der Waals surface area (Å²) in [4.78, 5) is 12.8. The first kappa shape index (κ1) is 18.0. The van der Waals surface area contributed by atoms with Crippen molar-refractivity contribution in [1.82, 2.24) is 5.32 Å². The summed E-state index contributed by atoms with van der Waals surface area (Å²) in [5, 5.41) is 5.51. The molecule has 4 aromatic rings. The summed E-state index contributed by atoms with van der Waals surface area (Å²) in [6.07, 6.45) is 0.429. The van der Waals surface area contributed by atoms with Gasteiger partial charge in [0.25, 0.3) is 0 Å². The summed E-state index contributed by atoms with van der Waals surface area (Å²) in [5.41, 5.74) is 3.46. The standard InChI is InChI=1S/C26H23NO/c28-26(27-19-23-16-9-15-20-14-7-8-17-24(20)23)18-25(21-10-3-1-4-11-21)22-12-5-2-6-13-22/h1-17,25H,18-19H2,(H,27,28). The highest BCUT2D eigenvalue weighted by Gasteiger charge is 2.18. The van der Waals surface area contributed by atoms with Gasteiger partial charge in [-0.1, -0.05) is 103 Å². The van der Waals surface area contributed by atoms with Crippen molar-refractivity contribution < 1.29 is 4.79 Å². The van der Waals surface area contributed by atoms with E-state index in [2.05, 4.69) is 53.8 Å². The van der Waals surface area contributed by atoms with Gasteiger partial charge in [0.2, 0.25) is 5.91 Å². The third-order valence-electron chi connectivity index (χ3n) is 5.15. The van der Waals surface area contributed by atoms with Crippen molar-refractivity contribution in [3.05, 3.63) is 120 Å². The molecule has 0 saturated heterocycles. The fourth-order valence-electron chi connectivity index (χ4n) is 3.70. The number of rotatable bonds is 6. The van der Waals surface area contributed by atoms with Gasteiger partial charge < -0.3 is 5.32 Å². The van der Waals surface area contributed by atoms with E-state index in [0.29, 0.717) is 13.0 Å². The summed E-state index contributed by atoms with van der Waals surface area (Å²) in [6.45, 7) is 0.538. The molecule has 0 heterocycles. The van der Waals surface area contributed by atoms with Crippen LogP contribution in [0, 0.1) is 0 Å². The zero-order valence-electron chi connectivity index (χ0n) is 15.7. The highest BCUT2D eigenvalue weighted by molar-refractivity contribution is 5.86. The second kappa shape index (κ2) is 8.53. The Morgan fingerprint density at radius 1 is 0.679 bits per heavy atom. The summed E-state index contributed by atoms with van der Waals surface area (Å²) >= 11 is 0. The number of hydrogen-bond donors (Lipinski definition) is 1. The number of hydrogen-bond acceptors (Lipinski definition) is 1. The zero-order valence-corrected chi connectivity index (χ0v) is 15.7. The molecule has 0 bridgehead atoms. The van der Waals surface area contributed by atoms with Gasteiger partial charge in [0.1, 0.15) is 0 Å². The maximum Gasteiger partial charge on any atom is 0.221 e. The van der Waals surface area contributed by atoms with E-state index >= 15 is 0 Å². The molecule has 0 aliphatic carbocycles. The largest absolute Gasteiger partial charge is 0.352 e. The summed E-state index contributed by atoms with van der Waals surface area (Å²) in [6, 6.07) is 35.0. The first-order valence-corrected chi connectivity index (χ1v) is 9.64. The normalized spacial score (nSPS) is 10.9. The highest BCUT2D eigenvalue weighted by atomic mass is 16.1. The van der Waals surface area contributed by atoms with E-state index in [1.54, 1.807) is 0 Å². The molecule has 0 saturated carbocycles. The van der Waals surface area contributed by atoms with Crippen LogP contribution in [-0.2, 0) is 11.3 Å². The van der Waals surface area contributed by atoms with Crippen molar-refractivity contribution in [2.75, 3.05) is 0 Å². The fraction of sp³-hybridized carbons (Fsp3) is 0.115. The SMILES string of the molecule is O=C(CC(c1ccccc1)c1ccccc1)NCc1cccc2ccccc12. The lowest BCUT2D eigenvalue weighted by atomic mass is 9.88. The minimum absolute atomic E-state index is 0.0508. The van der Waals surface area contributed by atoms with Crippen LogP contribution in [0.15, 0.2) is 103 Å². The van der Waals surface area contributed by atoms with Crippen LogP contribution in [0.25, 0.3) is 10.8 Å². The Balaban J connectivity index is 1.50. The average molecular weight is 365 g/mol. The van der Waals surface area contributed by atoms with Crippen LogP contribution in [0.3, 0.4) is 0 Å². The molecule has 0 aliphatic heterocycles. The van der Waals surface area contributed by atoms with Gasteiger partial charge >= 0.3 is 0 Å². The van der Waals surface area contributed by atoms with E-state index in [0.717, 1.165) is 16.7 Å². The number of fused-ring (bicyclic) bond motifs is 1. The van der Waals surface area contributed by atoms with Gasteiger partial charge in [0.05, 0.1) is 0 Å². The molecule has 1 N–H and O–H groups in total. The smallest absolute Gasteiger partial charge is 0.221 e. The van der Waals surface area contributed by atoms with Gasteiger partial charge in [-0.3, -0.25) is 4.79 Å². The van der Waals surface area contributed by atoms with Crippen molar-refractivity contribution >= 4 is 16.7 Å². The van der Waals surface area contributed by atoms with Crippen molar-refractivity contribution in [3.8, 4) is 0 Å². The molecular formula is C26H23NO. The van der Waals surface area contributed by atoms with Crippen LogP contribution in [0.1, 0.15) is 29.0 Å². The van der Waals surface area contributed by atoms with E-state index in [1.807, 2.05) is 54.6 Å². The lowest BCUT2D eigenvalue weighted by Gasteiger charge is -2.18. The molecule has 0 atom stereocenters. The number of carbonyl (C=O) groups excluding carboxylic acids is 1. The minimum atomic E-state index is 0.0508. The number of nitrogens with one attached hydrogen (secondary N) is 1. The van der Waals surface area contributed by atoms with Gasteiger partial charge in [0.15, 0.2) is 0 Å². The number of carbonyl (C=O) groups is 1. The van der Waals surface area contributed by atoms with Crippen molar-refractivity contribution in [1.29, 1.82) is 0 Å². The van der Waals surface area contributed by atoms with Gasteiger partial charge in [-0.2, -0.15) is 0 Å². The molecule has 0 aromatic heterocycles. The van der Waals surface area contributed by atoms with E-state index in [1.165, 1.54) is 10.8 Å². The van der Waals surface area contributed by atoms with Crippen LogP contribution in [0.4, 0.5) is 0 Å². The quantitative estimate of drug-likeness (QED) is 0.468. The lowest BCUT2D eigenvalue weighted by Crippen LogP contribution is -2.25. The van der Waals surface area contributed by atoms with Crippen LogP contribution in [0.2, 0.25) is 0 Å². The molecule has 0 spiro atoms. The van der Waals surface area contributed by atoms with E-state index in [9.17, 15) is 4.79 Å². The second-order valence-corrected chi connectivity index (χ2v) is 6.99. The summed E-state index contributed by atoms with van der Waals surface area (Å²) in [5.74, 6) is 0.112. The van der Waals surface area contributed by atoms with E-state index in [-0.39, 0.29) is 11.8 Å². The van der Waals surface area contributed by atoms with Crippen LogP contribution in [0.5, 0.6) is 0 Å². The predicted molar refractivity (Wildman–Crippen MR) is 115 cm³/mol. The maximum atomic E-state index is 12.8.